The average Bonchev–Trinajstić information content (AvgIpc) is 2.43. The molecule has 0 fully saturated rings. The van der Waals surface area contributed by atoms with Gasteiger partial charge >= 0.3 is 0 Å². The van der Waals surface area contributed by atoms with Gasteiger partial charge in [0.05, 0.1) is 0 Å². The Hall–Kier alpha value is -1.81. The van der Waals surface area contributed by atoms with E-state index in [4.69, 9.17) is 0 Å². The summed E-state index contributed by atoms with van der Waals surface area (Å²) in [6.07, 6.45) is 0.511. The molecule has 2 aromatic rings. The maximum absolute atomic E-state index is 13.2. The summed E-state index contributed by atoms with van der Waals surface area (Å²) < 4.78 is 39.1. The second kappa shape index (κ2) is 6.57. The molecule has 0 heterocycles. The highest BCUT2D eigenvalue weighted by molar-refractivity contribution is 5.25. The van der Waals surface area contributed by atoms with Gasteiger partial charge in [-0.3, -0.25) is 0 Å². The molecule has 0 radical (unpaired) electrons. The van der Waals surface area contributed by atoms with Gasteiger partial charge in [-0.25, -0.2) is 13.2 Å². The molecule has 2 aromatic carbocycles. The number of likely N-dealkylation sites (N-methyl/N-ethyl adjacent to an activating group) is 1. The lowest BCUT2D eigenvalue weighted by Crippen LogP contribution is -2.23. The van der Waals surface area contributed by atoms with Gasteiger partial charge in [0.2, 0.25) is 0 Å². The lowest BCUT2D eigenvalue weighted by molar-refractivity contribution is 0.502. The molecule has 0 amide bonds. The van der Waals surface area contributed by atoms with Crippen molar-refractivity contribution >= 4 is 0 Å². The van der Waals surface area contributed by atoms with Crippen LogP contribution in [-0.4, -0.2) is 6.54 Å². The summed E-state index contributed by atoms with van der Waals surface area (Å²) in [5.41, 5.74) is 1.61. The van der Waals surface area contributed by atoms with Crippen molar-refractivity contribution in [3.05, 3.63) is 71.0 Å². The molecule has 2 rings (SSSR count). The number of nitrogens with one attached hydrogen (secondary N) is 1. The third-order valence-corrected chi connectivity index (χ3v) is 3.15. The van der Waals surface area contributed by atoms with E-state index in [-0.39, 0.29) is 11.9 Å². The lowest BCUT2D eigenvalue weighted by atomic mass is 9.98. The minimum atomic E-state index is -0.851. The zero-order chi connectivity index (χ0) is 14.5. The zero-order valence-electron chi connectivity index (χ0n) is 11.2. The smallest absolute Gasteiger partial charge is 0.159 e. The van der Waals surface area contributed by atoms with E-state index in [1.807, 2.05) is 6.92 Å². The highest BCUT2D eigenvalue weighted by Gasteiger charge is 2.12. The van der Waals surface area contributed by atoms with E-state index in [1.165, 1.54) is 18.2 Å². The summed E-state index contributed by atoms with van der Waals surface area (Å²) in [6, 6.07) is 10.00. The first kappa shape index (κ1) is 14.6. The molecule has 0 bridgehead atoms. The van der Waals surface area contributed by atoms with E-state index < -0.39 is 11.6 Å². The molecule has 1 unspecified atom stereocenters. The molecule has 4 heteroatoms. The normalized spacial score (nSPS) is 12.4. The first-order valence-corrected chi connectivity index (χ1v) is 6.53. The van der Waals surface area contributed by atoms with Crippen LogP contribution in [0.5, 0.6) is 0 Å². The van der Waals surface area contributed by atoms with Gasteiger partial charge in [0.25, 0.3) is 0 Å². The van der Waals surface area contributed by atoms with Gasteiger partial charge in [-0.1, -0.05) is 25.1 Å². The highest BCUT2D eigenvalue weighted by atomic mass is 19.2. The summed E-state index contributed by atoms with van der Waals surface area (Å²) >= 11 is 0. The maximum atomic E-state index is 13.2. The summed E-state index contributed by atoms with van der Waals surface area (Å²) in [4.78, 5) is 0. The Morgan fingerprint density at radius 3 is 2.25 bits per heavy atom. The van der Waals surface area contributed by atoms with Crippen molar-refractivity contribution in [3.63, 3.8) is 0 Å². The van der Waals surface area contributed by atoms with Crippen LogP contribution in [0, 0.1) is 17.5 Å². The molecule has 0 saturated heterocycles. The van der Waals surface area contributed by atoms with E-state index in [9.17, 15) is 13.2 Å². The van der Waals surface area contributed by atoms with Crippen molar-refractivity contribution in [1.82, 2.24) is 5.32 Å². The van der Waals surface area contributed by atoms with E-state index in [0.717, 1.165) is 18.2 Å². The second-order valence-electron chi connectivity index (χ2n) is 4.61. The number of hydrogen-bond acceptors (Lipinski definition) is 1. The number of rotatable bonds is 5. The Morgan fingerprint density at radius 2 is 1.65 bits per heavy atom. The van der Waals surface area contributed by atoms with Crippen LogP contribution in [0.4, 0.5) is 13.2 Å². The average molecular weight is 279 g/mol. The van der Waals surface area contributed by atoms with Crippen molar-refractivity contribution in [2.24, 2.45) is 0 Å². The highest BCUT2D eigenvalue weighted by Crippen LogP contribution is 2.20. The van der Waals surface area contributed by atoms with Gasteiger partial charge < -0.3 is 5.32 Å². The van der Waals surface area contributed by atoms with Crippen molar-refractivity contribution in [2.75, 3.05) is 6.54 Å². The van der Waals surface area contributed by atoms with Gasteiger partial charge in [0, 0.05) is 6.04 Å². The van der Waals surface area contributed by atoms with Gasteiger partial charge in [0.1, 0.15) is 5.82 Å². The standard InChI is InChI=1S/C16H16F3N/c1-2-20-16(12-4-6-13(17)7-5-12)10-11-3-8-14(18)15(19)9-11/h3-9,16,20H,2,10H2,1H3. The summed E-state index contributed by atoms with van der Waals surface area (Å²) in [6.45, 7) is 2.69. The van der Waals surface area contributed by atoms with Gasteiger partial charge in [-0.05, 0) is 48.4 Å². The Labute approximate surface area is 116 Å². The van der Waals surface area contributed by atoms with Crippen molar-refractivity contribution < 1.29 is 13.2 Å². The lowest BCUT2D eigenvalue weighted by Gasteiger charge is -2.18. The first-order chi connectivity index (χ1) is 9.60. The van der Waals surface area contributed by atoms with Crippen LogP contribution in [0.1, 0.15) is 24.1 Å². The van der Waals surface area contributed by atoms with Crippen molar-refractivity contribution in [2.45, 2.75) is 19.4 Å². The van der Waals surface area contributed by atoms with Gasteiger partial charge in [-0.2, -0.15) is 0 Å². The van der Waals surface area contributed by atoms with Crippen LogP contribution in [0.25, 0.3) is 0 Å². The molecule has 1 N–H and O–H groups in total. The molecule has 1 atom stereocenters. The van der Waals surface area contributed by atoms with Gasteiger partial charge in [0.15, 0.2) is 11.6 Å². The molecule has 0 saturated carbocycles. The third kappa shape index (κ3) is 3.61. The monoisotopic (exact) mass is 279 g/mol. The Bertz CT molecular complexity index is 566. The summed E-state index contributed by atoms with van der Waals surface area (Å²) in [7, 11) is 0. The number of benzene rings is 2. The summed E-state index contributed by atoms with van der Waals surface area (Å²) in [5, 5.41) is 3.26. The van der Waals surface area contributed by atoms with E-state index >= 15 is 0 Å². The van der Waals surface area contributed by atoms with Crippen LogP contribution in [-0.2, 0) is 6.42 Å². The zero-order valence-corrected chi connectivity index (χ0v) is 11.2. The topological polar surface area (TPSA) is 12.0 Å². The molecule has 0 aliphatic rings. The largest absolute Gasteiger partial charge is 0.310 e. The predicted octanol–water partition coefficient (Wildman–Crippen LogP) is 4.00. The molecule has 106 valence electrons. The van der Waals surface area contributed by atoms with Crippen LogP contribution in [0.3, 0.4) is 0 Å². The second-order valence-corrected chi connectivity index (χ2v) is 4.61. The Kier molecular flexibility index (Phi) is 4.79. The van der Waals surface area contributed by atoms with Crippen LogP contribution >= 0.6 is 0 Å². The van der Waals surface area contributed by atoms with Crippen LogP contribution in [0.2, 0.25) is 0 Å². The van der Waals surface area contributed by atoms with E-state index in [0.29, 0.717) is 12.0 Å². The molecule has 0 spiro atoms. The third-order valence-electron chi connectivity index (χ3n) is 3.15. The van der Waals surface area contributed by atoms with Crippen LogP contribution < -0.4 is 5.32 Å². The SMILES string of the molecule is CCNC(Cc1ccc(F)c(F)c1)c1ccc(F)cc1. The quantitative estimate of drug-likeness (QED) is 0.872. The molecule has 0 aliphatic carbocycles. The number of hydrogen-bond donors (Lipinski definition) is 1. The van der Waals surface area contributed by atoms with Crippen LogP contribution in [0.15, 0.2) is 42.5 Å². The molecule has 0 aliphatic heterocycles. The first-order valence-electron chi connectivity index (χ1n) is 6.53. The predicted molar refractivity (Wildman–Crippen MR) is 72.9 cm³/mol. The molecule has 20 heavy (non-hydrogen) atoms. The minimum Gasteiger partial charge on any atom is -0.310 e. The van der Waals surface area contributed by atoms with Crippen molar-refractivity contribution in [3.8, 4) is 0 Å². The Morgan fingerprint density at radius 1 is 0.950 bits per heavy atom. The van der Waals surface area contributed by atoms with E-state index in [1.54, 1.807) is 18.2 Å². The van der Waals surface area contributed by atoms with Gasteiger partial charge in [-0.15, -0.1) is 0 Å². The summed E-state index contributed by atoms with van der Waals surface area (Å²) in [5.74, 6) is -2.00. The van der Waals surface area contributed by atoms with E-state index in [2.05, 4.69) is 5.32 Å². The van der Waals surface area contributed by atoms with Crippen molar-refractivity contribution in [1.29, 1.82) is 0 Å². The molecular weight excluding hydrogens is 263 g/mol. The molecule has 0 aromatic heterocycles. The molecular formula is C16H16F3N. The number of halogens is 3. The fourth-order valence-corrected chi connectivity index (χ4v) is 2.15. The molecule has 1 nitrogen and oxygen atoms in total. The maximum Gasteiger partial charge on any atom is 0.159 e. The fourth-order valence-electron chi connectivity index (χ4n) is 2.15. The Balaban J connectivity index is 2.20. The fraction of sp³-hybridized carbons (Fsp3) is 0.250. The minimum absolute atomic E-state index is 0.0644.